The van der Waals surface area contributed by atoms with Crippen LogP contribution in [-0.4, -0.2) is 48.3 Å². The number of aromatic nitrogens is 2. The van der Waals surface area contributed by atoms with E-state index < -0.39 is 0 Å². The van der Waals surface area contributed by atoms with Crippen LogP contribution in [0.2, 0.25) is 5.15 Å². The Labute approximate surface area is 115 Å². The van der Waals surface area contributed by atoms with Gasteiger partial charge >= 0.3 is 0 Å². The fourth-order valence-corrected chi connectivity index (χ4v) is 2.55. The van der Waals surface area contributed by atoms with Gasteiger partial charge in [-0.3, -0.25) is 4.79 Å². The minimum Gasteiger partial charge on any atom is -0.378 e. The van der Waals surface area contributed by atoms with Gasteiger partial charge in [0.2, 0.25) is 0 Å². The van der Waals surface area contributed by atoms with Gasteiger partial charge in [-0.25, -0.2) is 9.97 Å². The molecule has 0 unspecified atom stereocenters. The molecule has 0 spiro atoms. The van der Waals surface area contributed by atoms with Crippen LogP contribution in [0.15, 0.2) is 5.16 Å². The first-order valence-corrected chi connectivity index (χ1v) is 7.10. The van der Waals surface area contributed by atoms with Crippen molar-refractivity contribution in [2.24, 2.45) is 0 Å². The van der Waals surface area contributed by atoms with Gasteiger partial charge in [0.15, 0.2) is 11.4 Å². The average molecular weight is 288 g/mol. The van der Waals surface area contributed by atoms with Crippen molar-refractivity contribution < 1.29 is 9.53 Å². The van der Waals surface area contributed by atoms with Crippen LogP contribution < -0.4 is 4.90 Å². The van der Waals surface area contributed by atoms with E-state index in [-0.39, 0.29) is 5.15 Å². The fraction of sp³-hybridized carbons (Fsp3) is 0.545. The molecule has 0 N–H and O–H groups in total. The molecule has 0 bridgehead atoms. The number of ether oxygens (including phenoxy) is 1. The molecule has 1 aromatic rings. The highest BCUT2D eigenvalue weighted by Crippen LogP contribution is 2.26. The molecule has 5 nitrogen and oxygen atoms in total. The maximum atomic E-state index is 11.1. The fourth-order valence-electron chi connectivity index (χ4n) is 1.72. The van der Waals surface area contributed by atoms with Crippen molar-refractivity contribution in [1.29, 1.82) is 0 Å². The molecule has 0 aromatic carbocycles. The Hall–Kier alpha value is -0.850. The third-order valence-electron chi connectivity index (χ3n) is 2.56. The topological polar surface area (TPSA) is 55.3 Å². The molecular weight excluding hydrogens is 274 g/mol. The molecule has 1 fully saturated rings. The second-order valence-corrected chi connectivity index (χ2v) is 5.27. The number of halogens is 1. The lowest BCUT2D eigenvalue weighted by Gasteiger charge is -2.28. The van der Waals surface area contributed by atoms with Crippen LogP contribution in [0.5, 0.6) is 0 Å². The predicted molar refractivity (Wildman–Crippen MR) is 71.9 cm³/mol. The third kappa shape index (κ3) is 2.93. The summed E-state index contributed by atoms with van der Waals surface area (Å²) in [5, 5.41) is 0.826. The van der Waals surface area contributed by atoms with Crippen molar-refractivity contribution in [2.45, 2.75) is 12.1 Å². The number of hydrogen-bond donors (Lipinski definition) is 0. The number of aldehydes is 1. The predicted octanol–water partition coefficient (Wildman–Crippen LogP) is 1.89. The highest BCUT2D eigenvalue weighted by atomic mass is 35.5. The summed E-state index contributed by atoms with van der Waals surface area (Å²) in [6.45, 7) is 4.71. The molecule has 1 saturated heterocycles. The highest BCUT2D eigenvalue weighted by Gasteiger charge is 2.20. The summed E-state index contributed by atoms with van der Waals surface area (Å²) in [5.41, 5.74) is 0.360. The molecule has 1 aromatic heterocycles. The molecule has 98 valence electrons. The SMILES string of the molecule is CCSc1nc(Cl)c(C=O)c(N2CCOCC2)n1. The Kier molecular flexibility index (Phi) is 4.79. The molecule has 0 amide bonds. The van der Waals surface area contributed by atoms with Crippen molar-refractivity contribution in [2.75, 3.05) is 37.0 Å². The lowest BCUT2D eigenvalue weighted by atomic mass is 10.3. The minimum atomic E-state index is 0.220. The molecule has 2 rings (SSSR count). The lowest BCUT2D eigenvalue weighted by Crippen LogP contribution is -2.37. The van der Waals surface area contributed by atoms with Crippen LogP contribution in [0.1, 0.15) is 17.3 Å². The molecule has 0 atom stereocenters. The first-order valence-electron chi connectivity index (χ1n) is 5.74. The number of nitrogens with zero attached hydrogens (tertiary/aromatic N) is 3. The summed E-state index contributed by atoms with van der Waals surface area (Å²) in [6.07, 6.45) is 0.716. The number of carbonyl (C=O) groups excluding carboxylic acids is 1. The largest absolute Gasteiger partial charge is 0.378 e. The summed E-state index contributed by atoms with van der Waals surface area (Å²) >= 11 is 7.54. The van der Waals surface area contributed by atoms with Crippen molar-refractivity contribution in [3.8, 4) is 0 Å². The van der Waals surface area contributed by atoms with Crippen LogP contribution in [0, 0.1) is 0 Å². The van der Waals surface area contributed by atoms with Gasteiger partial charge in [-0.1, -0.05) is 30.3 Å². The van der Waals surface area contributed by atoms with Crippen molar-refractivity contribution in [3.63, 3.8) is 0 Å². The number of anilines is 1. The standard InChI is InChI=1S/C11H14ClN3O2S/c1-2-18-11-13-9(12)8(7-16)10(14-11)15-3-5-17-6-4-15/h7H,2-6H2,1H3. The van der Waals surface area contributed by atoms with Gasteiger partial charge in [-0.15, -0.1) is 0 Å². The summed E-state index contributed by atoms with van der Waals surface area (Å²) < 4.78 is 5.29. The molecule has 18 heavy (non-hydrogen) atoms. The van der Waals surface area contributed by atoms with E-state index in [1.807, 2.05) is 11.8 Å². The van der Waals surface area contributed by atoms with Gasteiger partial charge in [-0.05, 0) is 5.75 Å². The van der Waals surface area contributed by atoms with E-state index in [1.54, 1.807) is 0 Å². The zero-order valence-corrected chi connectivity index (χ0v) is 11.6. The van der Waals surface area contributed by atoms with Gasteiger partial charge in [0, 0.05) is 13.1 Å². The van der Waals surface area contributed by atoms with Crippen LogP contribution in [0.3, 0.4) is 0 Å². The molecule has 1 aliphatic rings. The number of rotatable bonds is 4. The first kappa shape index (κ1) is 13.6. The van der Waals surface area contributed by atoms with Crippen LogP contribution in [0.4, 0.5) is 5.82 Å². The van der Waals surface area contributed by atoms with E-state index in [2.05, 4.69) is 9.97 Å². The summed E-state index contributed by atoms with van der Waals surface area (Å²) in [6, 6.07) is 0. The molecule has 2 heterocycles. The highest BCUT2D eigenvalue weighted by molar-refractivity contribution is 7.99. The third-order valence-corrected chi connectivity index (χ3v) is 3.58. The quantitative estimate of drug-likeness (QED) is 0.365. The Balaban J connectivity index is 2.37. The summed E-state index contributed by atoms with van der Waals surface area (Å²) in [5.74, 6) is 1.48. The van der Waals surface area contributed by atoms with Crippen molar-refractivity contribution in [1.82, 2.24) is 9.97 Å². The molecule has 0 saturated carbocycles. The van der Waals surface area contributed by atoms with Gasteiger partial charge in [0.1, 0.15) is 11.0 Å². The molecular formula is C11H14ClN3O2S. The van der Waals surface area contributed by atoms with E-state index in [4.69, 9.17) is 16.3 Å². The molecule has 1 aliphatic heterocycles. The van der Waals surface area contributed by atoms with Crippen LogP contribution in [0.25, 0.3) is 0 Å². The smallest absolute Gasteiger partial charge is 0.190 e. The van der Waals surface area contributed by atoms with Crippen molar-refractivity contribution in [3.05, 3.63) is 10.7 Å². The van der Waals surface area contributed by atoms with Crippen LogP contribution >= 0.6 is 23.4 Å². The van der Waals surface area contributed by atoms with Crippen LogP contribution in [-0.2, 0) is 4.74 Å². The van der Waals surface area contributed by atoms with E-state index in [9.17, 15) is 4.79 Å². The monoisotopic (exact) mass is 287 g/mol. The van der Waals surface area contributed by atoms with Gasteiger partial charge in [0.25, 0.3) is 0 Å². The normalized spacial score (nSPS) is 15.8. The molecule has 7 heteroatoms. The van der Waals surface area contributed by atoms with E-state index in [0.717, 1.165) is 5.75 Å². The van der Waals surface area contributed by atoms with E-state index in [0.29, 0.717) is 49.1 Å². The summed E-state index contributed by atoms with van der Waals surface area (Å²) in [4.78, 5) is 21.7. The first-order chi connectivity index (χ1) is 8.76. The minimum absolute atomic E-state index is 0.220. The number of morpholine rings is 1. The van der Waals surface area contributed by atoms with Gasteiger partial charge in [0.05, 0.1) is 18.8 Å². The van der Waals surface area contributed by atoms with Gasteiger partial charge in [-0.2, -0.15) is 0 Å². The second-order valence-electron chi connectivity index (χ2n) is 3.68. The average Bonchev–Trinajstić information content (AvgIpc) is 2.39. The zero-order valence-electron chi connectivity index (χ0n) is 10.1. The summed E-state index contributed by atoms with van der Waals surface area (Å²) in [7, 11) is 0. The number of carbonyl (C=O) groups is 1. The zero-order chi connectivity index (χ0) is 13.0. The van der Waals surface area contributed by atoms with Crippen molar-refractivity contribution >= 4 is 35.5 Å². The molecule has 0 aliphatic carbocycles. The number of hydrogen-bond acceptors (Lipinski definition) is 6. The Morgan fingerprint density at radius 1 is 1.44 bits per heavy atom. The second kappa shape index (κ2) is 6.36. The number of thioether (sulfide) groups is 1. The Bertz CT molecular complexity index is 439. The maximum Gasteiger partial charge on any atom is 0.190 e. The maximum absolute atomic E-state index is 11.1. The Morgan fingerprint density at radius 2 is 2.17 bits per heavy atom. The lowest BCUT2D eigenvalue weighted by molar-refractivity contribution is 0.111. The molecule has 0 radical (unpaired) electrons. The van der Waals surface area contributed by atoms with Gasteiger partial charge < -0.3 is 9.64 Å². The van der Waals surface area contributed by atoms with E-state index in [1.165, 1.54) is 11.8 Å². The van der Waals surface area contributed by atoms with E-state index >= 15 is 0 Å². The Morgan fingerprint density at radius 3 is 2.78 bits per heavy atom.